The van der Waals surface area contributed by atoms with Crippen LogP contribution in [-0.2, 0) is 10.0 Å². The second-order valence-corrected chi connectivity index (χ2v) is 9.53. The van der Waals surface area contributed by atoms with Gasteiger partial charge < -0.3 is 10.3 Å². The number of nitrogens with one attached hydrogen (secondary N) is 3. The number of amides is 1. The fourth-order valence-electron chi connectivity index (χ4n) is 3.37. The number of halogens is 2. The lowest BCUT2D eigenvalue weighted by atomic mass is 10.2. The second-order valence-electron chi connectivity index (χ2n) is 7.82. The summed E-state index contributed by atoms with van der Waals surface area (Å²) in [5, 5.41) is 2.73. The minimum Gasteiger partial charge on any atom is -0.338 e. The lowest BCUT2D eigenvalue weighted by Gasteiger charge is -2.08. The Morgan fingerprint density at radius 2 is 1.76 bits per heavy atom. The molecule has 1 aliphatic rings. The number of aromatic nitrogens is 2. The van der Waals surface area contributed by atoms with Crippen molar-refractivity contribution in [3.05, 3.63) is 77.9 Å². The molecule has 10 heteroatoms. The number of H-pyrrole nitrogens is 1. The molecule has 1 aromatic heterocycles. The molecule has 168 valence electrons. The summed E-state index contributed by atoms with van der Waals surface area (Å²) in [6.45, 7) is 0. The molecule has 0 radical (unpaired) electrons. The van der Waals surface area contributed by atoms with Gasteiger partial charge in [-0.3, -0.25) is 4.79 Å². The van der Waals surface area contributed by atoms with Crippen molar-refractivity contribution in [2.24, 2.45) is 0 Å². The zero-order chi connectivity index (χ0) is 23.2. The van der Waals surface area contributed by atoms with Crippen molar-refractivity contribution in [2.75, 3.05) is 5.32 Å². The summed E-state index contributed by atoms with van der Waals surface area (Å²) in [6, 6.07) is 13.7. The Labute approximate surface area is 187 Å². The molecule has 1 heterocycles. The molecular formula is C23H18F2N4O3S. The fourth-order valence-corrected chi connectivity index (χ4v) is 4.68. The second kappa shape index (κ2) is 8.05. The first kappa shape index (κ1) is 21.2. The van der Waals surface area contributed by atoms with Crippen LogP contribution in [0.25, 0.3) is 22.4 Å². The van der Waals surface area contributed by atoms with Crippen LogP contribution in [0.1, 0.15) is 23.2 Å². The van der Waals surface area contributed by atoms with Gasteiger partial charge in [-0.05, 0) is 73.5 Å². The van der Waals surface area contributed by atoms with E-state index in [1.165, 1.54) is 24.3 Å². The molecule has 1 fully saturated rings. The number of carbonyl (C=O) groups is 1. The Morgan fingerprint density at radius 3 is 2.48 bits per heavy atom. The van der Waals surface area contributed by atoms with Crippen LogP contribution in [0.4, 0.5) is 14.5 Å². The number of aromatic amines is 1. The third-order valence-electron chi connectivity index (χ3n) is 5.25. The summed E-state index contributed by atoms with van der Waals surface area (Å²) in [4.78, 5) is 19.9. The summed E-state index contributed by atoms with van der Waals surface area (Å²) in [5.41, 5.74) is 1.79. The third kappa shape index (κ3) is 4.48. The van der Waals surface area contributed by atoms with Gasteiger partial charge in [-0.25, -0.2) is 26.9 Å². The summed E-state index contributed by atoms with van der Waals surface area (Å²) in [7, 11) is -3.59. The number of benzene rings is 3. The van der Waals surface area contributed by atoms with Gasteiger partial charge in [0.2, 0.25) is 10.0 Å². The molecule has 0 aliphatic heterocycles. The van der Waals surface area contributed by atoms with Crippen LogP contribution < -0.4 is 10.0 Å². The Hall–Kier alpha value is -3.63. The smallest absolute Gasteiger partial charge is 0.255 e. The quantitative estimate of drug-likeness (QED) is 0.395. The van der Waals surface area contributed by atoms with E-state index in [2.05, 4.69) is 20.0 Å². The van der Waals surface area contributed by atoms with E-state index in [4.69, 9.17) is 0 Å². The lowest BCUT2D eigenvalue weighted by molar-refractivity contribution is 0.102. The van der Waals surface area contributed by atoms with Gasteiger partial charge in [-0.1, -0.05) is 0 Å². The maximum Gasteiger partial charge on any atom is 0.255 e. The predicted octanol–water partition coefficient (Wildman–Crippen LogP) is 4.20. The number of fused-ring (bicyclic) bond motifs is 1. The van der Waals surface area contributed by atoms with Gasteiger partial charge in [-0.2, -0.15) is 0 Å². The molecule has 4 aromatic rings. The molecule has 1 amide bonds. The molecule has 0 unspecified atom stereocenters. The molecule has 3 N–H and O–H groups in total. The molecule has 0 bridgehead atoms. The van der Waals surface area contributed by atoms with Crippen LogP contribution in [0.3, 0.4) is 0 Å². The van der Waals surface area contributed by atoms with Crippen molar-refractivity contribution in [3.8, 4) is 11.4 Å². The fraction of sp³-hybridized carbons (Fsp3) is 0.130. The van der Waals surface area contributed by atoms with Crippen molar-refractivity contribution in [1.82, 2.24) is 14.7 Å². The summed E-state index contributed by atoms with van der Waals surface area (Å²) in [5.74, 6) is -1.45. The van der Waals surface area contributed by atoms with E-state index in [0.717, 1.165) is 31.0 Å². The largest absolute Gasteiger partial charge is 0.338 e. The van der Waals surface area contributed by atoms with E-state index in [0.29, 0.717) is 16.7 Å². The van der Waals surface area contributed by atoms with E-state index >= 15 is 0 Å². The topological polar surface area (TPSA) is 104 Å². The van der Waals surface area contributed by atoms with Crippen LogP contribution in [0.15, 0.2) is 65.6 Å². The summed E-state index contributed by atoms with van der Waals surface area (Å²) < 4.78 is 54.7. The van der Waals surface area contributed by atoms with E-state index in [1.807, 2.05) is 0 Å². The molecule has 5 rings (SSSR count). The highest BCUT2D eigenvalue weighted by Gasteiger charge is 2.28. The predicted molar refractivity (Wildman–Crippen MR) is 119 cm³/mol. The molecule has 3 aromatic carbocycles. The van der Waals surface area contributed by atoms with Crippen LogP contribution >= 0.6 is 0 Å². The average molecular weight is 468 g/mol. The Kier molecular flexibility index (Phi) is 5.18. The number of hydrogen-bond acceptors (Lipinski definition) is 4. The molecule has 7 nitrogen and oxygen atoms in total. The Bertz CT molecular complexity index is 1480. The van der Waals surface area contributed by atoms with Crippen molar-refractivity contribution in [2.45, 2.75) is 23.8 Å². The van der Waals surface area contributed by atoms with Crippen molar-refractivity contribution < 1.29 is 22.0 Å². The lowest BCUT2D eigenvalue weighted by Crippen LogP contribution is -2.25. The Balaban J connectivity index is 1.34. The minimum atomic E-state index is -3.59. The molecule has 1 aliphatic carbocycles. The number of rotatable bonds is 6. The first-order chi connectivity index (χ1) is 15.8. The van der Waals surface area contributed by atoms with E-state index < -0.39 is 27.6 Å². The first-order valence-corrected chi connectivity index (χ1v) is 11.7. The molecule has 0 saturated heterocycles. The van der Waals surface area contributed by atoms with Crippen LogP contribution in [0.5, 0.6) is 0 Å². The van der Waals surface area contributed by atoms with Gasteiger partial charge in [0.1, 0.15) is 17.5 Å². The van der Waals surface area contributed by atoms with E-state index in [9.17, 15) is 22.0 Å². The maximum atomic E-state index is 14.1. The number of hydrogen-bond donors (Lipinski definition) is 3. The monoisotopic (exact) mass is 468 g/mol. The normalized spacial score (nSPS) is 13.9. The SMILES string of the molecule is O=C(Nc1ccc2nc(-c3cc(F)ccc3F)[nH]c2c1)c1ccc(S(=O)(=O)NC2CC2)cc1. The van der Waals surface area contributed by atoms with Gasteiger partial charge in [-0.15, -0.1) is 0 Å². The maximum absolute atomic E-state index is 14.1. The number of sulfonamides is 1. The summed E-state index contributed by atoms with van der Waals surface area (Å²) >= 11 is 0. The van der Waals surface area contributed by atoms with E-state index in [1.54, 1.807) is 18.2 Å². The minimum absolute atomic E-state index is 0.00278. The number of nitrogens with zero attached hydrogens (tertiary/aromatic N) is 1. The standard InChI is InChI=1S/C23H18F2N4O3S/c24-14-3-9-19(25)18(11-14)22-27-20-10-6-16(12-21(20)28-22)26-23(30)13-1-7-17(8-2-13)33(31,32)29-15-4-5-15/h1-3,6-12,15,29H,4-5H2,(H,26,30)(H,27,28). The molecule has 1 saturated carbocycles. The number of anilines is 1. The zero-order valence-corrected chi connectivity index (χ0v) is 17.9. The average Bonchev–Trinajstić information content (AvgIpc) is 3.49. The molecular weight excluding hydrogens is 450 g/mol. The van der Waals surface area contributed by atoms with Crippen molar-refractivity contribution in [1.29, 1.82) is 0 Å². The highest BCUT2D eigenvalue weighted by Crippen LogP contribution is 2.26. The van der Waals surface area contributed by atoms with E-state index in [-0.39, 0.29) is 27.9 Å². The van der Waals surface area contributed by atoms with Crippen molar-refractivity contribution >= 4 is 32.7 Å². The number of carbonyl (C=O) groups excluding carboxylic acids is 1. The molecule has 0 spiro atoms. The molecule has 0 atom stereocenters. The van der Waals surface area contributed by atoms with Gasteiger partial charge >= 0.3 is 0 Å². The van der Waals surface area contributed by atoms with Crippen LogP contribution in [-0.4, -0.2) is 30.3 Å². The highest BCUT2D eigenvalue weighted by molar-refractivity contribution is 7.89. The van der Waals surface area contributed by atoms with Crippen molar-refractivity contribution in [3.63, 3.8) is 0 Å². The van der Waals surface area contributed by atoms with Gasteiger partial charge in [0, 0.05) is 17.3 Å². The van der Waals surface area contributed by atoms with Crippen LogP contribution in [0, 0.1) is 11.6 Å². The zero-order valence-electron chi connectivity index (χ0n) is 17.1. The third-order valence-corrected chi connectivity index (χ3v) is 6.79. The molecule has 33 heavy (non-hydrogen) atoms. The van der Waals surface area contributed by atoms with Gasteiger partial charge in [0.05, 0.1) is 21.5 Å². The van der Waals surface area contributed by atoms with Gasteiger partial charge in [0.15, 0.2) is 0 Å². The van der Waals surface area contributed by atoms with Gasteiger partial charge in [0.25, 0.3) is 5.91 Å². The summed E-state index contributed by atoms with van der Waals surface area (Å²) in [6.07, 6.45) is 1.66. The first-order valence-electron chi connectivity index (χ1n) is 10.2. The van der Waals surface area contributed by atoms with Crippen LogP contribution in [0.2, 0.25) is 0 Å². The number of imidazole rings is 1. The Morgan fingerprint density at radius 1 is 1.00 bits per heavy atom. The highest BCUT2D eigenvalue weighted by atomic mass is 32.2.